The summed E-state index contributed by atoms with van der Waals surface area (Å²) in [6, 6.07) is 16.5. The molecule has 5 nitrogen and oxygen atoms in total. The number of halogens is 2. The van der Waals surface area contributed by atoms with Crippen molar-refractivity contribution in [1.29, 1.82) is 0 Å². The summed E-state index contributed by atoms with van der Waals surface area (Å²) in [5.74, 6) is -0.819. The number of anilines is 2. The molecular weight excluding hydrogens is 373 g/mol. The van der Waals surface area contributed by atoms with Gasteiger partial charge in [-0.05, 0) is 48.5 Å². The first-order chi connectivity index (χ1) is 12.5. The van der Waals surface area contributed by atoms with E-state index in [1.807, 2.05) is 0 Å². The van der Waals surface area contributed by atoms with E-state index >= 15 is 0 Å². The number of hydrogen-bond donors (Lipinski definition) is 2. The number of hydrogen-bond acceptors (Lipinski definition) is 3. The smallest absolute Gasteiger partial charge is 0.274 e. The molecule has 0 radical (unpaired) electrons. The largest absolute Gasteiger partial charge is 0.322 e. The minimum Gasteiger partial charge on any atom is -0.322 e. The summed E-state index contributed by atoms with van der Waals surface area (Å²) in [6.07, 6.45) is 1.40. The van der Waals surface area contributed by atoms with E-state index in [2.05, 4.69) is 15.6 Å². The van der Waals surface area contributed by atoms with Crippen molar-refractivity contribution in [1.82, 2.24) is 4.98 Å². The van der Waals surface area contributed by atoms with Gasteiger partial charge in [-0.15, -0.1) is 0 Å². The second kappa shape index (κ2) is 7.99. The standard InChI is InChI=1S/C19H13Cl2N3O2/c20-13-5-7-14(8-6-13)23-18(25)12-9-10-22-17(11-12)19(26)24-16-4-2-1-3-15(16)21/h1-11H,(H,23,25)(H,24,26). The van der Waals surface area contributed by atoms with Crippen LogP contribution in [0.25, 0.3) is 0 Å². The Morgan fingerprint density at radius 1 is 0.846 bits per heavy atom. The minimum atomic E-state index is -0.459. The predicted molar refractivity (Wildman–Crippen MR) is 103 cm³/mol. The molecule has 3 rings (SSSR count). The molecule has 2 amide bonds. The van der Waals surface area contributed by atoms with Gasteiger partial charge in [0, 0.05) is 22.5 Å². The van der Waals surface area contributed by atoms with Crippen LogP contribution in [0.5, 0.6) is 0 Å². The molecule has 0 saturated carbocycles. The second-order valence-corrected chi connectivity index (χ2v) is 6.17. The van der Waals surface area contributed by atoms with Gasteiger partial charge < -0.3 is 10.6 Å². The maximum Gasteiger partial charge on any atom is 0.274 e. The van der Waals surface area contributed by atoms with Crippen molar-refractivity contribution in [2.24, 2.45) is 0 Å². The number of aromatic nitrogens is 1. The third-order valence-corrected chi connectivity index (χ3v) is 4.06. The Balaban J connectivity index is 1.75. The van der Waals surface area contributed by atoms with Crippen LogP contribution < -0.4 is 10.6 Å². The molecule has 0 aliphatic carbocycles. The number of carbonyl (C=O) groups is 2. The molecule has 26 heavy (non-hydrogen) atoms. The molecule has 1 aromatic heterocycles. The molecule has 2 N–H and O–H groups in total. The van der Waals surface area contributed by atoms with Gasteiger partial charge in [0.05, 0.1) is 10.7 Å². The van der Waals surface area contributed by atoms with Crippen LogP contribution >= 0.6 is 23.2 Å². The summed E-state index contributed by atoms with van der Waals surface area (Å²) in [6.45, 7) is 0. The summed E-state index contributed by atoms with van der Waals surface area (Å²) >= 11 is 11.9. The molecular formula is C19H13Cl2N3O2. The third kappa shape index (κ3) is 4.39. The number of nitrogens with one attached hydrogen (secondary N) is 2. The van der Waals surface area contributed by atoms with E-state index in [-0.39, 0.29) is 11.6 Å². The van der Waals surface area contributed by atoms with E-state index in [1.165, 1.54) is 18.3 Å². The molecule has 0 aliphatic rings. The summed E-state index contributed by atoms with van der Waals surface area (Å²) in [7, 11) is 0. The van der Waals surface area contributed by atoms with Crippen molar-refractivity contribution in [3.63, 3.8) is 0 Å². The van der Waals surface area contributed by atoms with Crippen molar-refractivity contribution in [3.8, 4) is 0 Å². The highest BCUT2D eigenvalue weighted by Gasteiger charge is 2.13. The van der Waals surface area contributed by atoms with E-state index in [0.29, 0.717) is 27.0 Å². The first-order valence-corrected chi connectivity index (χ1v) is 8.37. The van der Waals surface area contributed by atoms with E-state index in [4.69, 9.17) is 23.2 Å². The Morgan fingerprint density at radius 3 is 2.31 bits per heavy atom. The van der Waals surface area contributed by atoms with Crippen LogP contribution in [-0.2, 0) is 0 Å². The summed E-state index contributed by atoms with van der Waals surface area (Å²) in [4.78, 5) is 28.7. The van der Waals surface area contributed by atoms with Gasteiger partial charge in [-0.3, -0.25) is 14.6 Å². The maximum atomic E-state index is 12.4. The monoisotopic (exact) mass is 385 g/mol. The first kappa shape index (κ1) is 17.9. The molecule has 0 unspecified atom stereocenters. The van der Waals surface area contributed by atoms with Crippen LogP contribution in [0.3, 0.4) is 0 Å². The number of benzene rings is 2. The zero-order chi connectivity index (χ0) is 18.5. The van der Waals surface area contributed by atoms with Crippen molar-refractivity contribution in [2.75, 3.05) is 10.6 Å². The average molecular weight is 386 g/mol. The van der Waals surface area contributed by atoms with E-state index in [9.17, 15) is 9.59 Å². The SMILES string of the molecule is O=C(Nc1ccc(Cl)cc1)c1ccnc(C(=O)Nc2ccccc2Cl)c1. The molecule has 1 heterocycles. The highest BCUT2D eigenvalue weighted by atomic mass is 35.5. The first-order valence-electron chi connectivity index (χ1n) is 7.62. The Labute approximate surface area is 160 Å². The van der Waals surface area contributed by atoms with E-state index in [0.717, 1.165) is 0 Å². The number of rotatable bonds is 4. The lowest BCUT2D eigenvalue weighted by Gasteiger charge is -2.08. The molecule has 0 atom stereocenters. The number of nitrogens with zero attached hydrogens (tertiary/aromatic N) is 1. The van der Waals surface area contributed by atoms with Crippen molar-refractivity contribution in [2.45, 2.75) is 0 Å². The number of amides is 2. The lowest BCUT2D eigenvalue weighted by Crippen LogP contribution is -2.17. The Hall–Kier alpha value is -2.89. The normalized spacial score (nSPS) is 10.2. The quantitative estimate of drug-likeness (QED) is 0.671. The summed E-state index contributed by atoms with van der Waals surface area (Å²) < 4.78 is 0. The van der Waals surface area contributed by atoms with Crippen molar-refractivity contribution >= 4 is 46.4 Å². The number of pyridine rings is 1. The van der Waals surface area contributed by atoms with Crippen LogP contribution in [0.15, 0.2) is 66.9 Å². The van der Waals surface area contributed by atoms with Crippen LogP contribution in [0.2, 0.25) is 10.0 Å². The molecule has 7 heteroatoms. The zero-order valence-corrected chi connectivity index (χ0v) is 14.9. The van der Waals surface area contributed by atoms with Gasteiger partial charge in [-0.25, -0.2) is 0 Å². The molecule has 130 valence electrons. The Bertz CT molecular complexity index is 959. The van der Waals surface area contributed by atoms with Crippen molar-refractivity contribution < 1.29 is 9.59 Å². The Kier molecular flexibility index (Phi) is 5.51. The highest BCUT2D eigenvalue weighted by Crippen LogP contribution is 2.21. The highest BCUT2D eigenvalue weighted by molar-refractivity contribution is 6.33. The fourth-order valence-electron chi connectivity index (χ4n) is 2.18. The molecule has 0 aliphatic heterocycles. The molecule has 3 aromatic rings. The summed E-state index contributed by atoms with van der Waals surface area (Å²) in [5.41, 5.74) is 1.48. The minimum absolute atomic E-state index is 0.105. The van der Waals surface area contributed by atoms with Gasteiger partial charge >= 0.3 is 0 Å². The van der Waals surface area contributed by atoms with Crippen LogP contribution in [0, 0.1) is 0 Å². The van der Waals surface area contributed by atoms with Crippen LogP contribution in [0.4, 0.5) is 11.4 Å². The topological polar surface area (TPSA) is 71.1 Å². The number of para-hydroxylation sites is 1. The van der Waals surface area contributed by atoms with Gasteiger partial charge in [0.2, 0.25) is 0 Å². The number of carbonyl (C=O) groups excluding carboxylic acids is 2. The second-order valence-electron chi connectivity index (χ2n) is 5.32. The molecule has 2 aromatic carbocycles. The fraction of sp³-hybridized carbons (Fsp3) is 0. The summed E-state index contributed by atoms with van der Waals surface area (Å²) in [5, 5.41) is 6.39. The average Bonchev–Trinajstić information content (AvgIpc) is 2.65. The van der Waals surface area contributed by atoms with Crippen LogP contribution in [0.1, 0.15) is 20.8 Å². The van der Waals surface area contributed by atoms with Crippen molar-refractivity contribution in [3.05, 3.63) is 88.2 Å². The fourth-order valence-corrected chi connectivity index (χ4v) is 2.49. The molecule has 0 fully saturated rings. The predicted octanol–water partition coefficient (Wildman–Crippen LogP) is 4.89. The van der Waals surface area contributed by atoms with Gasteiger partial charge in [0.25, 0.3) is 11.8 Å². The lowest BCUT2D eigenvalue weighted by atomic mass is 10.2. The third-order valence-electron chi connectivity index (χ3n) is 3.48. The van der Waals surface area contributed by atoms with Crippen LogP contribution in [-0.4, -0.2) is 16.8 Å². The zero-order valence-electron chi connectivity index (χ0n) is 13.4. The van der Waals surface area contributed by atoms with Gasteiger partial charge in [-0.1, -0.05) is 35.3 Å². The van der Waals surface area contributed by atoms with Gasteiger partial charge in [0.15, 0.2) is 0 Å². The molecule has 0 saturated heterocycles. The van der Waals surface area contributed by atoms with Gasteiger partial charge in [-0.2, -0.15) is 0 Å². The van der Waals surface area contributed by atoms with E-state index < -0.39 is 5.91 Å². The van der Waals surface area contributed by atoms with Gasteiger partial charge in [0.1, 0.15) is 5.69 Å². The van der Waals surface area contributed by atoms with E-state index in [1.54, 1.807) is 48.5 Å². The molecule has 0 spiro atoms. The maximum absolute atomic E-state index is 12.4. The molecule has 0 bridgehead atoms. The Morgan fingerprint density at radius 2 is 1.58 bits per heavy atom. The lowest BCUT2D eigenvalue weighted by molar-refractivity contribution is 0.102.